The largest absolute Gasteiger partial charge is 0.409 e. The van der Waals surface area contributed by atoms with Gasteiger partial charge in [0.15, 0.2) is 5.84 Å². The van der Waals surface area contributed by atoms with Gasteiger partial charge in [-0.05, 0) is 26.0 Å². The fourth-order valence-corrected chi connectivity index (χ4v) is 2.03. The van der Waals surface area contributed by atoms with E-state index in [1.165, 1.54) is 0 Å². The molecule has 1 aromatic carbocycles. The first-order valence-electron chi connectivity index (χ1n) is 6.16. The Morgan fingerprint density at radius 3 is 2.60 bits per heavy atom. The van der Waals surface area contributed by atoms with E-state index in [-0.39, 0.29) is 5.84 Å². The van der Waals surface area contributed by atoms with Crippen molar-refractivity contribution in [2.45, 2.75) is 13.8 Å². The van der Waals surface area contributed by atoms with E-state index in [9.17, 15) is 0 Å². The van der Waals surface area contributed by atoms with Gasteiger partial charge in [-0.25, -0.2) is 9.97 Å². The summed E-state index contributed by atoms with van der Waals surface area (Å²) in [5.74, 6) is 1.52. The van der Waals surface area contributed by atoms with Gasteiger partial charge in [-0.3, -0.25) is 0 Å². The van der Waals surface area contributed by atoms with Crippen LogP contribution < -0.4 is 10.6 Å². The summed E-state index contributed by atoms with van der Waals surface area (Å²) in [5, 5.41) is 11.9. The molecule has 20 heavy (non-hydrogen) atoms. The molecule has 0 fully saturated rings. The average molecular weight is 271 g/mol. The SMILES string of the molecule is Cc1cc(N(C)c2ccccc2/C(N)=N/O)nc(C)n1. The normalized spacial score (nSPS) is 11.4. The zero-order valence-electron chi connectivity index (χ0n) is 11.7. The molecule has 6 nitrogen and oxygen atoms in total. The number of rotatable bonds is 3. The van der Waals surface area contributed by atoms with Crippen molar-refractivity contribution in [2.24, 2.45) is 10.9 Å². The van der Waals surface area contributed by atoms with Gasteiger partial charge < -0.3 is 15.8 Å². The van der Waals surface area contributed by atoms with Crippen LogP contribution in [-0.4, -0.2) is 28.1 Å². The molecule has 0 spiro atoms. The number of hydrogen-bond donors (Lipinski definition) is 2. The lowest BCUT2D eigenvalue weighted by Crippen LogP contribution is -2.20. The first-order valence-corrected chi connectivity index (χ1v) is 6.16. The highest BCUT2D eigenvalue weighted by Crippen LogP contribution is 2.25. The third kappa shape index (κ3) is 2.69. The monoisotopic (exact) mass is 271 g/mol. The molecule has 3 N–H and O–H groups in total. The van der Waals surface area contributed by atoms with Crippen molar-refractivity contribution in [3.63, 3.8) is 0 Å². The molecule has 2 aromatic rings. The molecule has 0 unspecified atom stereocenters. The smallest absolute Gasteiger partial charge is 0.172 e. The zero-order chi connectivity index (χ0) is 14.7. The van der Waals surface area contributed by atoms with Crippen molar-refractivity contribution in [1.82, 2.24) is 9.97 Å². The van der Waals surface area contributed by atoms with Crippen LogP contribution in [0.2, 0.25) is 0 Å². The number of amidine groups is 1. The molecule has 2 rings (SSSR count). The highest BCUT2D eigenvalue weighted by Gasteiger charge is 2.13. The second-order valence-electron chi connectivity index (χ2n) is 4.48. The molecule has 0 aliphatic rings. The van der Waals surface area contributed by atoms with Gasteiger partial charge in [-0.15, -0.1) is 0 Å². The number of benzene rings is 1. The Labute approximate surface area is 117 Å². The Morgan fingerprint density at radius 1 is 1.25 bits per heavy atom. The first-order chi connectivity index (χ1) is 9.52. The van der Waals surface area contributed by atoms with E-state index in [1.54, 1.807) is 6.07 Å². The van der Waals surface area contributed by atoms with Crippen LogP contribution in [0.3, 0.4) is 0 Å². The molecule has 104 valence electrons. The van der Waals surface area contributed by atoms with Crippen LogP contribution in [0, 0.1) is 13.8 Å². The number of nitrogens with zero attached hydrogens (tertiary/aromatic N) is 4. The second kappa shape index (κ2) is 5.56. The predicted molar refractivity (Wildman–Crippen MR) is 78.5 cm³/mol. The third-order valence-electron chi connectivity index (χ3n) is 2.95. The van der Waals surface area contributed by atoms with Crippen LogP contribution in [0.25, 0.3) is 0 Å². The molecule has 0 bridgehead atoms. The minimum atomic E-state index is 0.0648. The molecular weight excluding hydrogens is 254 g/mol. The van der Waals surface area contributed by atoms with Crippen LogP contribution in [0.15, 0.2) is 35.5 Å². The Balaban J connectivity index is 2.51. The number of hydrogen-bond acceptors (Lipinski definition) is 5. The highest BCUT2D eigenvalue weighted by molar-refractivity contribution is 6.02. The number of aromatic nitrogens is 2. The maximum absolute atomic E-state index is 8.87. The quantitative estimate of drug-likeness (QED) is 0.385. The van der Waals surface area contributed by atoms with Crippen LogP contribution in [0.1, 0.15) is 17.1 Å². The summed E-state index contributed by atoms with van der Waals surface area (Å²) >= 11 is 0. The molecular formula is C14H17N5O. The second-order valence-corrected chi connectivity index (χ2v) is 4.48. The maximum atomic E-state index is 8.87. The third-order valence-corrected chi connectivity index (χ3v) is 2.95. The standard InChI is InChI=1S/C14H17N5O/c1-9-8-13(17-10(2)16-9)19(3)12-7-5-4-6-11(12)14(15)18-20/h4-8,20H,1-3H3,(H2,15,18). The minimum absolute atomic E-state index is 0.0648. The summed E-state index contributed by atoms with van der Waals surface area (Å²) in [6.07, 6.45) is 0. The fourth-order valence-electron chi connectivity index (χ4n) is 2.03. The Morgan fingerprint density at radius 2 is 1.95 bits per heavy atom. The van der Waals surface area contributed by atoms with Crippen molar-refractivity contribution >= 4 is 17.3 Å². The first kappa shape index (κ1) is 13.8. The molecule has 0 amide bonds. The van der Waals surface area contributed by atoms with Gasteiger partial charge in [0.2, 0.25) is 0 Å². The number of oxime groups is 1. The topological polar surface area (TPSA) is 87.6 Å². The van der Waals surface area contributed by atoms with Crippen molar-refractivity contribution in [2.75, 3.05) is 11.9 Å². The van der Waals surface area contributed by atoms with E-state index in [0.717, 1.165) is 17.2 Å². The summed E-state index contributed by atoms with van der Waals surface area (Å²) in [6, 6.07) is 9.29. The van der Waals surface area contributed by atoms with E-state index in [4.69, 9.17) is 10.9 Å². The van der Waals surface area contributed by atoms with Crippen LogP contribution in [-0.2, 0) is 0 Å². The molecule has 1 aromatic heterocycles. The lowest BCUT2D eigenvalue weighted by molar-refractivity contribution is 0.318. The van der Waals surface area contributed by atoms with E-state index in [2.05, 4.69) is 15.1 Å². The molecule has 0 radical (unpaired) electrons. The van der Waals surface area contributed by atoms with Gasteiger partial charge in [-0.2, -0.15) is 0 Å². The maximum Gasteiger partial charge on any atom is 0.172 e. The summed E-state index contributed by atoms with van der Waals surface area (Å²) < 4.78 is 0. The Hall–Kier alpha value is -2.63. The Bertz CT molecular complexity index is 634. The lowest BCUT2D eigenvalue weighted by Gasteiger charge is -2.21. The van der Waals surface area contributed by atoms with E-state index in [1.807, 2.05) is 50.1 Å². The molecule has 0 saturated carbocycles. The van der Waals surface area contributed by atoms with Gasteiger partial charge in [0.1, 0.15) is 11.6 Å². The summed E-state index contributed by atoms with van der Waals surface area (Å²) in [5.41, 5.74) is 8.05. The number of aryl methyl sites for hydroxylation is 2. The molecule has 0 saturated heterocycles. The number of para-hydroxylation sites is 1. The van der Waals surface area contributed by atoms with Gasteiger partial charge in [0.05, 0.1) is 5.69 Å². The molecule has 6 heteroatoms. The summed E-state index contributed by atoms with van der Waals surface area (Å²) in [4.78, 5) is 10.6. The van der Waals surface area contributed by atoms with Gasteiger partial charge >= 0.3 is 0 Å². The fraction of sp³-hybridized carbons (Fsp3) is 0.214. The van der Waals surface area contributed by atoms with Gasteiger partial charge in [0, 0.05) is 24.4 Å². The Kier molecular flexibility index (Phi) is 3.84. The van der Waals surface area contributed by atoms with Gasteiger partial charge in [0.25, 0.3) is 0 Å². The predicted octanol–water partition coefficient (Wildman–Crippen LogP) is 1.96. The van der Waals surface area contributed by atoms with Gasteiger partial charge in [-0.1, -0.05) is 17.3 Å². The lowest BCUT2D eigenvalue weighted by atomic mass is 10.1. The number of anilines is 2. The van der Waals surface area contributed by atoms with Crippen LogP contribution in [0.4, 0.5) is 11.5 Å². The summed E-state index contributed by atoms with van der Waals surface area (Å²) in [7, 11) is 1.88. The molecule has 0 aliphatic heterocycles. The minimum Gasteiger partial charge on any atom is -0.409 e. The van der Waals surface area contributed by atoms with Crippen molar-refractivity contribution < 1.29 is 5.21 Å². The van der Waals surface area contributed by atoms with E-state index >= 15 is 0 Å². The molecule has 1 heterocycles. The highest BCUT2D eigenvalue weighted by atomic mass is 16.4. The van der Waals surface area contributed by atoms with Crippen LogP contribution in [0.5, 0.6) is 0 Å². The molecule has 0 atom stereocenters. The van der Waals surface area contributed by atoms with Crippen LogP contribution >= 0.6 is 0 Å². The zero-order valence-corrected chi connectivity index (χ0v) is 11.7. The van der Waals surface area contributed by atoms with Crippen molar-refractivity contribution in [3.8, 4) is 0 Å². The van der Waals surface area contributed by atoms with E-state index in [0.29, 0.717) is 11.4 Å². The van der Waals surface area contributed by atoms with E-state index < -0.39 is 0 Å². The summed E-state index contributed by atoms with van der Waals surface area (Å²) in [6.45, 7) is 3.77. The average Bonchev–Trinajstić information content (AvgIpc) is 2.44. The molecule has 0 aliphatic carbocycles. The number of nitrogens with two attached hydrogens (primary N) is 1. The van der Waals surface area contributed by atoms with Crippen molar-refractivity contribution in [3.05, 3.63) is 47.4 Å². The van der Waals surface area contributed by atoms with Crippen molar-refractivity contribution in [1.29, 1.82) is 0 Å².